The summed E-state index contributed by atoms with van der Waals surface area (Å²) < 4.78 is 0. The molecule has 0 aromatic heterocycles. The van der Waals surface area contributed by atoms with Gasteiger partial charge in [-0.15, -0.1) is 0 Å². The van der Waals surface area contributed by atoms with Crippen molar-refractivity contribution in [1.82, 2.24) is 4.90 Å². The van der Waals surface area contributed by atoms with Gasteiger partial charge in [-0.3, -0.25) is 9.59 Å². The van der Waals surface area contributed by atoms with E-state index in [1.54, 1.807) is 6.92 Å². The summed E-state index contributed by atoms with van der Waals surface area (Å²) in [4.78, 5) is 31.0. The molecule has 1 heterocycles. The van der Waals surface area contributed by atoms with Gasteiger partial charge in [0.1, 0.15) is 6.17 Å². The summed E-state index contributed by atoms with van der Waals surface area (Å²) in [5.74, 6) is -0.0574. The van der Waals surface area contributed by atoms with Crippen LogP contribution in [-0.4, -0.2) is 35.3 Å². The highest BCUT2D eigenvalue weighted by Crippen LogP contribution is 2.40. The van der Waals surface area contributed by atoms with Crippen molar-refractivity contribution in [2.75, 3.05) is 11.4 Å². The van der Waals surface area contributed by atoms with E-state index in [4.69, 9.17) is 0 Å². The second kappa shape index (κ2) is 9.67. The van der Waals surface area contributed by atoms with Gasteiger partial charge in [-0.2, -0.15) is 0 Å². The SMILES string of the molecule is CCN(C(C)=O)C1C(C(=O)c2ccccc2)CCc2ccccc2N1C1CCCCC1. The minimum absolute atomic E-state index is 0.0403. The Morgan fingerprint density at radius 3 is 2.29 bits per heavy atom. The monoisotopic (exact) mass is 418 g/mol. The first-order chi connectivity index (χ1) is 15.1. The third-order valence-electron chi connectivity index (χ3n) is 7.07. The molecule has 31 heavy (non-hydrogen) atoms. The van der Waals surface area contributed by atoms with Crippen molar-refractivity contribution in [3.63, 3.8) is 0 Å². The molecule has 0 saturated heterocycles. The zero-order chi connectivity index (χ0) is 21.8. The van der Waals surface area contributed by atoms with Crippen LogP contribution in [0.3, 0.4) is 0 Å². The van der Waals surface area contributed by atoms with Crippen molar-refractivity contribution in [3.05, 3.63) is 65.7 Å². The molecule has 164 valence electrons. The number of benzene rings is 2. The summed E-state index contributed by atoms with van der Waals surface area (Å²) >= 11 is 0. The van der Waals surface area contributed by atoms with Crippen molar-refractivity contribution in [3.8, 4) is 0 Å². The maximum absolute atomic E-state index is 13.8. The first kappa shape index (κ1) is 21.6. The second-order valence-corrected chi connectivity index (χ2v) is 8.92. The van der Waals surface area contributed by atoms with Crippen LogP contribution in [0.1, 0.15) is 68.3 Å². The first-order valence-corrected chi connectivity index (χ1v) is 11.8. The van der Waals surface area contributed by atoms with Gasteiger partial charge in [0.2, 0.25) is 5.91 Å². The molecule has 0 bridgehead atoms. The number of carbonyl (C=O) groups is 2. The van der Waals surface area contributed by atoms with E-state index in [2.05, 4.69) is 29.2 Å². The molecule has 1 saturated carbocycles. The lowest BCUT2D eigenvalue weighted by Gasteiger charge is -2.48. The first-order valence-electron chi connectivity index (χ1n) is 11.8. The summed E-state index contributed by atoms with van der Waals surface area (Å²) in [5.41, 5.74) is 3.25. The molecule has 2 aromatic carbocycles. The number of fused-ring (bicyclic) bond motifs is 1. The number of para-hydroxylation sites is 1. The smallest absolute Gasteiger partial charge is 0.221 e. The normalized spacial score (nSPS) is 21.8. The number of anilines is 1. The van der Waals surface area contributed by atoms with E-state index in [-0.39, 0.29) is 23.8 Å². The lowest BCUT2D eigenvalue weighted by Crippen LogP contribution is -2.59. The topological polar surface area (TPSA) is 40.6 Å². The fourth-order valence-corrected chi connectivity index (χ4v) is 5.59. The maximum Gasteiger partial charge on any atom is 0.221 e. The quantitative estimate of drug-likeness (QED) is 0.605. The fraction of sp³-hybridized carbons (Fsp3) is 0.481. The van der Waals surface area contributed by atoms with Crippen LogP contribution in [0.5, 0.6) is 0 Å². The molecule has 2 aliphatic rings. The van der Waals surface area contributed by atoms with Crippen LogP contribution in [-0.2, 0) is 11.2 Å². The van der Waals surface area contributed by atoms with Crippen LogP contribution >= 0.6 is 0 Å². The summed E-state index contributed by atoms with van der Waals surface area (Å²) in [6.07, 6.45) is 7.28. The van der Waals surface area contributed by atoms with Crippen LogP contribution < -0.4 is 4.90 Å². The fourth-order valence-electron chi connectivity index (χ4n) is 5.59. The number of Topliss-reactive ketones (excluding diaryl/α,β-unsaturated/α-hetero) is 1. The van der Waals surface area contributed by atoms with Gasteiger partial charge in [0.15, 0.2) is 5.78 Å². The maximum atomic E-state index is 13.8. The van der Waals surface area contributed by atoms with Crippen LogP contribution in [0.25, 0.3) is 0 Å². The minimum atomic E-state index is -0.249. The lowest BCUT2D eigenvalue weighted by atomic mass is 9.87. The zero-order valence-corrected chi connectivity index (χ0v) is 18.8. The Bertz CT molecular complexity index is 904. The largest absolute Gasteiger partial charge is 0.347 e. The van der Waals surface area contributed by atoms with Gasteiger partial charge in [-0.1, -0.05) is 67.8 Å². The summed E-state index contributed by atoms with van der Waals surface area (Å²) in [7, 11) is 0. The van der Waals surface area contributed by atoms with E-state index in [9.17, 15) is 9.59 Å². The molecule has 0 spiro atoms. The summed E-state index contributed by atoms with van der Waals surface area (Å²) in [6, 6.07) is 18.5. The molecule has 2 atom stereocenters. The molecule has 4 nitrogen and oxygen atoms in total. The van der Waals surface area contributed by atoms with Crippen molar-refractivity contribution < 1.29 is 9.59 Å². The molecule has 4 rings (SSSR count). The van der Waals surface area contributed by atoms with Crippen molar-refractivity contribution in [1.29, 1.82) is 0 Å². The highest BCUT2D eigenvalue weighted by molar-refractivity contribution is 5.99. The van der Waals surface area contributed by atoms with Crippen molar-refractivity contribution >= 4 is 17.4 Å². The molecule has 2 unspecified atom stereocenters. The second-order valence-electron chi connectivity index (χ2n) is 8.92. The number of ketones is 1. The summed E-state index contributed by atoms with van der Waals surface area (Å²) in [5, 5.41) is 0. The van der Waals surface area contributed by atoms with Crippen LogP contribution in [0.4, 0.5) is 5.69 Å². The third-order valence-corrected chi connectivity index (χ3v) is 7.07. The Morgan fingerprint density at radius 1 is 0.935 bits per heavy atom. The van der Waals surface area contributed by atoms with E-state index in [0.29, 0.717) is 12.6 Å². The van der Waals surface area contributed by atoms with Gasteiger partial charge in [0.25, 0.3) is 0 Å². The molecule has 4 heteroatoms. The Morgan fingerprint density at radius 2 is 1.61 bits per heavy atom. The predicted molar refractivity (Wildman–Crippen MR) is 125 cm³/mol. The number of amides is 1. The lowest BCUT2D eigenvalue weighted by molar-refractivity contribution is -0.131. The standard InChI is InChI=1S/C27H34N2O2/c1-3-28(20(2)30)27-24(26(31)22-13-6-4-7-14-22)19-18-21-12-10-11-17-25(21)29(27)23-15-8-5-9-16-23/h4,6-7,10-14,17,23-24,27H,3,5,8-9,15-16,18-19H2,1-2H3. The van der Waals surface area contributed by atoms with Crippen LogP contribution in [0, 0.1) is 5.92 Å². The Labute approximate surface area is 186 Å². The average Bonchev–Trinajstić information content (AvgIpc) is 2.97. The van der Waals surface area contributed by atoms with E-state index in [1.807, 2.05) is 42.2 Å². The third kappa shape index (κ3) is 4.39. The minimum Gasteiger partial charge on any atom is -0.347 e. The number of hydrogen-bond donors (Lipinski definition) is 0. The van der Waals surface area contributed by atoms with Crippen LogP contribution in [0.2, 0.25) is 0 Å². The molecule has 0 radical (unpaired) electrons. The number of carbonyl (C=O) groups excluding carboxylic acids is 2. The number of rotatable bonds is 5. The molecular formula is C27H34N2O2. The highest BCUT2D eigenvalue weighted by Gasteiger charge is 2.43. The summed E-state index contributed by atoms with van der Waals surface area (Å²) in [6.45, 7) is 4.27. The number of aryl methyl sites for hydroxylation is 1. The Kier molecular flexibility index (Phi) is 6.74. The average molecular weight is 419 g/mol. The molecule has 1 amide bonds. The Hall–Kier alpha value is -2.62. The van der Waals surface area contributed by atoms with Crippen molar-refractivity contribution in [2.24, 2.45) is 5.92 Å². The number of hydrogen-bond acceptors (Lipinski definition) is 3. The molecule has 1 aliphatic carbocycles. The Balaban J connectivity index is 1.85. The van der Waals surface area contributed by atoms with Gasteiger partial charge in [0, 0.05) is 30.8 Å². The highest BCUT2D eigenvalue weighted by atomic mass is 16.2. The van der Waals surface area contributed by atoms with Gasteiger partial charge in [0.05, 0.1) is 5.92 Å². The number of nitrogens with zero attached hydrogens (tertiary/aromatic N) is 2. The van der Waals surface area contributed by atoms with Gasteiger partial charge in [-0.25, -0.2) is 0 Å². The molecule has 1 fully saturated rings. The van der Waals surface area contributed by atoms with E-state index >= 15 is 0 Å². The van der Waals surface area contributed by atoms with E-state index in [0.717, 1.165) is 31.2 Å². The van der Waals surface area contributed by atoms with E-state index < -0.39 is 0 Å². The molecule has 0 N–H and O–H groups in total. The van der Waals surface area contributed by atoms with Gasteiger partial charge in [-0.05, 0) is 44.2 Å². The van der Waals surface area contributed by atoms with Crippen LogP contribution in [0.15, 0.2) is 54.6 Å². The van der Waals surface area contributed by atoms with Gasteiger partial charge >= 0.3 is 0 Å². The predicted octanol–water partition coefficient (Wildman–Crippen LogP) is 5.47. The zero-order valence-electron chi connectivity index (χ0n) is 18.8. The molecular weight excluding hydrogens is 384 g/mol. The molecule has 2 aromatic rings. The molecule has 1 aliphatic heterocycles. The van der Waals surface area contributed by atoms with Crippen molar-refractivity contribution in [2.45, 2.75) is 71.0 Å². The van der Waals surface area contributed by atoms with E-state index in [1.165, 1.54) is 30.5 Å². The van der Waals surface area contributed by atoms with Gasteiger partial charge < -0.3 is 9.80 Å².